The molecule has 154 valence electrons. The van der Waals surface area contributed by atoms with Crippen molar-refractivity contribution in [3.8, 4) is 11.1 Å². The lowest BCUT2D eigenvalue weighted by Crippen LogP contribution is -2.42. The zero-order valence-corrected chi connectivity index (χ0v) is 17.0. The lowest BCUT2D eigenvalue weighted by atomic mass is 10.0. The Morgan fingerprint density at radius 1 is 1.31 bits per heavy atom. The molecule has 7 nitrogen and oxygen atoms in total. The monoisotopic (exact) mass is 399 g/mol. The molecular weight excluding hydrogens is 373 g/mol. The van der Waals surface area contributed by atoms with E-state index in [1.54, 1.807) is 16.9 Å². The number of halogens is 1. The Bertz CT molecular complexity index is 995. The third-order valence-electron chi connectivity index (χ3n) is 4.52. The summed E-state index contributed by atoms with van der Waals surface area (Å²) in [7, 11) is 0. The van der Waals surface area contributed by atoms with Gasteiger partial charge in [-0.3, -0.25) is 9.78 Å². The molecule has 3 heterocycles. The third kappa shape index (κ3) is 4.71. The van der Waals surface area contributed by atoms with Crippen molar-refractivity contribution in [3.63, 3.8) is 0 Å². The molecule has 3 aromatic rings. The number of fused-ring (bicyclic) bond motifs is 1. The van der Waals surface area contributed by atoms with Gasteiger partial charge in [0, 0.05) is 35.8 Å². The van der Waals surface area contributed by atoms with Crippen LogP contribution in [0.3, 0.4) is 0 Å². The van der Waals surface area contributed by atoms with E-state index >= 15 is 0 Å². The van der Waals surface area contributed by atoms with Crippen LogP contribution in [0, 0.1) is 0 Å². The minimum absolute atomic E-state index is 0.0646. The van der Waals surface area contributed by atoms with Gasteiger partial charge in [-0.15, -0.1) is 0 Å². The van der Waals surface area contributed by atoms with E-state index in [2.05, 4.69) is 20.7 Å². The standard InChI is InChI=1S/C21H26FN5O2/c1-13(2)26-19-16(20(28)24-11-18(22)21(3,4)29)10-25-27-12-15(8-17(19)27)14-6-5-7-23-9-14/h5-10,12-13,18,26,29H,11H2,1-4H3,(H,24,28). The number of amides is 1. The van der Waals surface area contributed by atoms with E-state index in [9.17, 15) is 14.3 Å². The largest absolute Gasteiger partial charge is 0.387 e. The summed E-state index contributed by atoms with van der Waals surface area (Å²) in [5, 5.41) is 19.9. The second kappa shape index (κ2) is 8.16. The molecule has 0 fully saturated rings. The summed E-state index contributed by atoms with van der Waals surface area (Å²) in [6, 6.07) is 5.80. The first kappa shape index (κ1) is 20.7. The van der Waals surface area contributed by atoms with E-state index in [0.29, 0.717) is 11.3 Å². The summed E-state index contributed by atoms with van der Waals surface area (Å²) in [6.07, 6.45) is 5.20. The number of hydrogen-bond donors (Lipinski definition) is 3. The van der Waals surface area contributed by atoms with Crippen molar-refractivity contribution in [1.82, 2.24) is 19.9 Å². The predicted octanol–water partition coefficient (Wildman–Crippen LogP) is 3.06. The van der Waals surface area contributed by atoms with Gasteiger partial charge in [-0.2, -0.15) is 5.10 Å². The lowest BCUT2D eigenvalue weighted by Gasteiger charge is -2.23. The first-order valence-corrected chi connectivity index (χ1v) is 9.49. The summed E-state index contributed by atoms with van der Waals surface area (Å²) >= 11 is 0. The number of alkyl halides is 1. The first-order valence-electron chi connectivity index (χ1n) is 9.49. The summed E-state index contributed by atoms with van der Waals surface area (Å²) in [4.78, 5) is 16.9. The highest BCUT2D eigenvalue weighted by Crippen LogP contribution is 2.28. The summed E-state index contributed by atoms with van der Waals surface area (Å²) in [5.41, 5.74) is 1.97. The van der Waals surface area contributed by atoms with Gasteiger partial charge in [0.1, 0.15) is 6.17 Å². The fourth-order valence-electron chi connectivity index (χ4n) is 2.89. The average molecular weight is 399 g/mol. The van der Waals surface area contributed by atoms with E-state index in [4.69, 9.17) is 0 Å². The fraction of sp³-hybridized carbons (Fsp3) is 0.381. The Balaban J connectivity index is 1.97. The average Bonchev–Trinajstić information content (AvgIpc) is 3.10. The Kier molecular flexibility index (Phi) is 5.83. The second-order valence-electron chi connectivity index (χ2n) is 7.86. The highest BCUT2D eigenvalue weighted by atomic mass is 19.1. The molecule has 0 aliphatic rings. The SMILES string of the molecule is CC(C)Nc1c(C(=O)NCC(F)C(C)(C)O)cnn2cc(-c3cccnc3)cc12. The van der Waals surface area contributed by atoms with Gasteiger partial charge in [-0.25, -0.2) is 8.91 Å². The first-order chi connectivity index (χ1) is 13.7. The number of aliphatic hydroxyl groups is 1. The lowest BCUT2D eigenvalue weighted by molar-refractivity contribution is -0.00177. The molecule has 0 saturated heterocycles. The number of hydrogen-bond acceptors (Lipinski definition) is 5. The zero-order chi connectivity index (χ0) is 21.2. The Morgan fingerprint density at radius 2 is 2.07 bits per heavy atom. The van der Waals surface area contributed by atoms with Gasteiger partial charge in [0.25, 0.3) is 5.91 Å². The van der Waals surface area contributed by atoms with Gasteiger partial charge in [0.15, 0.2) is 0 Å². The smallest absolute Gasteiger partial charge is 0.255 e. The zero-order valence-electron chi connectivity index (χ0n) is 17.0. The predicted molar refractivity (Wildman–Crippen MR) is 111 cm³/mol. The molecule has 1 atom stereocenters. The van der Waals surface area contributed by atoms with Crippen LogP contribution >= 0.6 is 0 Å². The van der Waals surface area contributed by atoms with Crippen LogP contribution < -0.4 is 10.6 Å². The Morgan fingerprint density at radius 3 is 2.69 bits per heavy atom. The molecule has 0 saturated carbocycles. The van der Waals surface area contributed by atoms with Gasteiger partial charge in [0.2, 0.25) is 0 Å². The molecule has 29 heavy (non-hydrogen) atoms. The van der Waals surface area contributed by atoms with Crippen LogP contribution in [0.25, 0.3) is 16.6 Å². The third-order valence-corrected chi connectivity index (χ3v) is 4.52. The molecule has 3 N–H and O–H groups in total. The van der Waals surface area contributed by atoms with Crippen molar-refractivity contribution < 1.29 is 14.3 Å². The number of carbonyl (C=O) groups excluding carboxylic acids is 1. The Labute approximate surface area is 169 Å². The number of anilines is 1. The normalized spacial score (nSPS) is 12.9. The summed E-state index contributed by atoms with van der Waals surface area (Å²) < 4.78 is 15.7. The van der Waals surface area contributed by atoms with Crippen molar-refractivity contribution >= 4 is 17.1 Å². The highest BCUT2D eigenvalue weighted by molar-refractivity contribution is 6.03. The molecule has 1 amide bonds. The minimum atomic E-state index is -1.59. The number of rotatable bonds is 7. The van der Waals surface area contributed by atoms with E-state index in [1.165, 1.54) is 20.0 Å². The van der Waals surface area contributed by atoms with Gasteiger partial charge in [-0.05, 0) is 39.8 Å². The molecule has 0 aliphatic heterocycles. The fourth-order valence-corrected chi connectivity index (χ4v) is 2.89. The van der Waals surface area contributed by atoms with Gasteiger partial charge < -0.3 is 15.7 Å². The van der Waals surface area contributed by atoms with Crippen molar-refractivity contribution in [3.05, 3.63) is 48.5 Å². The maximum atomic E-state index is 14.0. The highest BCUT2D eigenvalue weighted by Gasteiger charge is 2.27. The van der Waals surface area contributed by atoms with Crippen molar-refractivity contribution in [2.45, 2.75) is 45.5 Å². The molecule has 0 radical (unpaired) electrons. The summed E-state index contributed by atoms with van der Waals surface area (Å²) in [5.74, 6) is -0.459. The van der Waals surface area contributed by atoms with Crippen LogP contribution in [0.5, 0.6) is 0 Å². The number of aromatic nitrogens is 3. The number of carbonyl (C=O) groups is 1. The van der Waals surface area contributed by atoms with E-state index in [0.717, 1.165) is 16.6 Å². The minimum Gasteiger partial charge on any atom is -0.387 e. The topological polar surface area (TPSA) is 91.5 Å². The number of nitrogens with one attached hydrogen (secondary N) is 2. The molecule has 0 bridgehead atoms. The van der Waals surface area contributed by atoms with E-state index < -0.39 is 17.7 Å². The molecule has 0 aromatic carbocycles. The maximum Gasteiger partial charge on any atom is 0.255 e. The Hall–Kier alpha value is -3.00. The molecule has 8 heteroatoms. The van der Waals surface area contributed by atoms with Gasteiger partial charge in [0.05, 0.1) is 35.1 Å². The van der Waals surface area contributed by atoms with Crippen LogP contribution in [0.1, 0.15) is 38.1 Å². The van der Waals surface area contributed by atoms with Crippen molar-refractivity contribution in [2.24, 2.45) is 0 Å². The molecular formula is C21H26FN5O2. The molecule has 0 aliphatic carbocycles. The van der Waals surface area contributed by atoms with Crippen LogP contribution in [0.15, 0.2) is 43.0 Å². The van der Waals surface area contributed by atoms with Gasteiger partial charge >= 0.3 is 0 Å². The van der Waals surface area contributed by atoms with Crippen molar-refractivity contribution in [2.75, 3.05) is 11.9 Å². The molecule has 1 unspecified atom stereocenters. The second-order valence-corrected chi connectivity index (χ2v) is 7.86. The number of nitrogens with zero attached hydrogens (tertiary/aromatic N) is 3. The maximum absolute atomic E-state index is 14.0. The summed E-state index contributed by atoms with van der Waals surface area (Å²) in [6.45, 7) is 6.37. The van der Waals surface area contributed by atoms with Gasteiger partial charge in [-0.1, -0.05) is 6.07 Å². The van der Waals surface area contributed by atoms with Crippen LogP contribution in [0.2, 0.25) is 0 Å². The molecule has 0 spiro atoms. The molecule has 3 rings (SSSR count). The quantitative estimate of drug-likeness (QED) is 0.568. The van der Waals surface area contributed by atoms with Crippen LogP contribution in [-0.2, 0) is 0 Å². The number of pyridine rings is 1. The molecule has 3 aromatic heterocycles. The van der Waals surface area contributed by atoms with Crippen LogP contribution in [-0.4, -0.2) is 50.0 Å². The van der Waals surface area contributed by atoms with Crippen LogP contribution in [0.4, 0.5) is 10.1 Å². The van der Waals surface area contributed by atoms with Crippen molar-refractivity contribution in [1.29, 1.82) is 0 Å². The van der Waals surface area contributed by atoms with E-state index in [-0.39, 0.29) is 12.6 Å². The van der Waals surface area contributed by atoms with E-state index in [1.807, 2.05) is 38.2 Å².